The zero-order chi connectivity index (χ0) is 13.7. The minimum atomic E-state index is -0.146. The monoisotopic (exact) mass is 251 g/mol. The molecule has 0 saturated carbocycles. The number of methoxy groups -OCH3 is 2. The van der Waals surface area contributed by atoms with Gasteiger partial charge in [0.25, 0.3) is 5.91 Å². The van der Waals surface area contributed by atoms with Gasteiger partial charge in [0.05, 0.1) is 19.8 Å². The van der Waals surface area contributed by atoms with Crippen molar-refractivity contribution in [3.05, 3.63) is 23.8 Å². The molecule has 18 heavy (non-hydrogen) atoms. The van der Waals surface area contributed by atoms with Gasteiger partial charge in [-0.15, -0.1) is 0 Å². The lowest BCUT2D eigenvalue weighted by Crippen LogP contribution is -2.36. The number of carbonyl (C=O) groups excluding carboxylic acids is 1. The maximum Gasteiger partial charge on any atom is 0.255 e. The van der Waals surface area contributed by atoms with Gasteiger partial charge < -0.3 is 14.8 Å². The van der Waals surface area contributed by atoms with Crippen molar-refractivity contribution in [2.45, 2.75) is 26.8 Å². The van der Waals surface area contributed by atoms with E-state index in [4.69, 9.17) is 9.47 Å². The highest BCUT2D eigenvalue weighted by Gasteiger charge is 2.18. The Labute approximate surface area is 108 Å². The fourth-order valence-corrected chi connectivity index (χ4v) is 1.52. The molecule has 0 aliphatic carbocycles. The zero-order valence-electron chi connectivity index (χ0n) is 11.6. The number of amides is 1. The smallest absolute Gasteiger partial charge is 0.255 e. The normalized spacial score (nSPS) is 12.1. The van der Waals surface area contributed by atoms with Crippen LogP contribution in [0.3, 0.4) is 0 Å². The van der Waals surface area contributed by atoms with E-state index in [9.17, 15) is 4.79 Å². The SMILES string of the molecule is COc1cccc(C(=O)NC(C)C(C)C)c1OC. The Morgan fingerprint density at radius 1 is 1.17 bits per heavy atom. The first kappa shape index (κ1) is 14.4. The molecule has 0 aliphatic heterocycles. The molecule has 100 valence electrons. The van der Waals surface area contributed by atoms with Gasteiger partial charge in [0.15, 0.2) is 11.5 Å². The standard InChI is InChI=1S/C14H21NO3/c1-9(2)10(3)15-14(16)11-7-6-8-12(17-4)13(11)18-5/h6-10H,1-5H3,(H,15,16). The largest absolute Gasteiger partial charge is 0.493 e. The summed E-state index contributed by atoms with van der Waals surface area (Å²) in [5.41, 5.74) is 0.490. The number of para-hydroxylation sites is 1. The summed E-state index contributed by atoms with van der Waals surface area (Å²) in [4.78, 5) is 12.2. The Balaban J connectivity index is 2.98. The molecule has 0 spiro atoms. The van der Waals surface area contributed by atoms with Crippen LogP contribution in [0, 0.1) is 5.92 Å². The molecule has 1 atom stereocenters. The second-order valence-corrected chi connectivity index (χ2v) is 4.55. The van der Waals surface area contributed by atoms with Gasteiger partial charge in [0.1, 0.15) is 0 Å². The topological polar surface area (TPSA) is 47.6 Å². The predicted octanol–water partition coefficient (Wildman–Crippen LogP) is 2.48. The van der Waals surface area contributed by atoms with Gasteiger partial charge in [0, 0.05) is 6.04 Å². The van der Waals surface area contributed by atoms with Crippen LogP contribution in [0.5, 0.6) is 11.5 Å². The lowest BCUT2D eigenvalue weighted by Gasteiger charge is -2.19. The molecule has 4 heteroatoms. The van der Waals surface area contributed by atoms with Crippen molar-refractivity contribution in [2.75, 3.05) is 14.2 Å². The van der Waals surface area contributed by atoms with Crippen molar-refractivity contribution in [2.24, 2.45) is 5.92 Å². The molecule has 0 saturated heterocycles. The van der Waals surface area contributed by atoms with Gasteiger partial charge in [-0.1, -0.05) is 19.9 Å². The molecule has 1 unspecified atom stereocenters. The molecule has 1 aromatic rings. The number of benzene rings is 1. The number of hydrogen-bond acceptors (Lipinski definition) is 3. The Morgan fingerprint density at radius 3 is 2.33 bits per heavy atom. The molecular weight excluding hydrogens is 230 g/mol. The first-order chi connectivity index (χ1) is 8.51. The molecule has 0 heterocycles. The van der Waals surface area contributed by atoms with E-state index < -0.39 is 0 Å². The van der Waals surface area contributed by atoms with E-state index >= 15 is 0 Å². The highest BCUT2D eigenvalue weighted by Crippen LogP contribution is 2.30. The van der Waals surface area contributed by atoms with Crippen LogP contribution in [-0.2, 0) is 0 Å². The Hall–Kier alpha value is -1.71. The molecule has 1 aromatic carbocycles. The minimum absolute atomic E-state index is 0.105. The van der Waals surface area contributed by atoms with Crippen LogP contribution in [-0.4, -0.2) is 26.2 Å². The Kier molecular flexibility index (Phi) is 5.01. The molecule has 1 N–H and O–H groups in total. The lowest BCUT2D eigenvalue weighted by atomic mass is 10.1. The van der Waals surface area contributed by atoms with Crippen molar-refractivity contribution in [1.29, 1.82) is 0 Å². The zero-order valence-corrected chi connectivity index (χ0v) is 11.6. The summed E-state index contributed by atoms with van der Waals surface area (Å²) in [6.45, 7) is 6.11. The van der Waals surface area contributed by atoms with Crippen LogP contribution in [0.25, 0.3) is 0 Å². The second kappa shape index (κ2) is 6.28. The molecular formula is C14H21NO3. The van der Waals surface area contributed by atoms with Crippen LogP contribution < -0.4 is 14.8 Å². The van der Waals surface area contributed by atoms with Crippen molar-refractivity contribution in [3.8, 4) is 11.5 Å². The molecule has 1 amide bonds. The van der Waals surface area contributed by atoms with Crippen molar-refractivity contribution in [1.82, 2.24) is 5.32 Å². The molecule has 0 fully saturated rings. The van der Waals surface area contributed by atoms with Crippen LogP contribution in [0.1, 0.15) is 31.1 Å². The van der Waals surface area contributed by atoms with Gasteiger partial charge in [-0.05, 0) is 25.0 Å². The molecule has 4 nitrogen and oxygen atoms in total. The first-order valence-corrected chi connectivity index (χ1v) is 6.03. The third-order valence-electron chi connectivity index (χ3n) is 3.01. The van der Waals surface area contributed by atoms with Crippen molar-refractivity contribution in [3.63, 3.8) is 0 Å². The summed E-state index contributed by atoms with van der Waals surface area (Å²) in [7, 11) is 3.08. The first-order valence-electron chi connectivity index (χ1n) is 6.03. The molecule has 1 rings (SSSR count). The van der Waals surface area contributed by atoms with E-state index in [1.54, 1.807) is 25.3 Å². The fraction of sp³-hybridized carbons (Fsp3) is 0.500. The van der Waals surface area contributed by atoms with Gasteiger partial charge >= 0.3 is 0 Å². The fourth-order valence-electron chi connectivity index (χ4n) is 1.52. The van der Waals surface area contributed by atoms with Gasteiger partial charge in [0.2, 0.25) is 0 Å². The maximum atomic E-state index is 12.2. The average molecular weight is 251 g/mol. The number of nitrogens with one attached hydrogen (secondary N) is 1. The lowest BCUT2D eigenvalue weighted by molar-refractivity contribution is 0.0927. The molecule has 0 aliphatic rings. The maximum absolute atomic E-state index is 12.2. The van der Waals surface area contributed by atoms with E-state index in [2.05, 4.69) is 19.2 Å². The third kappa shape index (κ3) is 3.15. The Morgan fingerprint density at radius 2 is 1.83 bits per heavy atom. The minimum Gasteiger partial charge on any atom is -0.493 e. The van der Waals surface area contributed by atoms with Crippen LogP contribution in [0.2, 0.25) is 0 Å². The Bertz CT molecular complexity index is 416. The molecule has 0 radical (unpaired) electrons. The van der Waals surface area contributed by atoms with Crippen LogP contribution >= 0.6 is 0 Å². The van der Waals surface area contributed by atoms with E-state index in [1.165, 1.54) is 7.11 Å². The van der Waals surface area contributed by atoms with E-state index in [0.717, 1.165) is 0 Å². The number of ether oxygens (including phenoxy) is 2. The highest BCUT2D eigenvalue weighted by molar-refractivity contribution is 5.98. The summed E-state index contributed by atoms with van der Waals surface area (Å²) in [5, 5.41) is 2.95. The summed E-state index contributed by atoms with van der Waals surface area (Å²) in [6, 6.07) is 5.37. The van der Waals surface area contributed by atoms with Gasteiger partial charge in [-0.25, -0.2) is 0 Å². The summed E-state index contributed by atoms with van der Waals surface area (Å²) >= 11 is 0. The summed E-state index contributed by atoms with van der Waals surface area (Å²) < 4.78 is 10.4. The molecule has 0 aromatic heterocycles. The quantitative estimate of drug-likeness (QED) is 0.874. The van der Waals surface area contributed by atoms with E-state index in [1.807, 2.05) is 6.92 Å². The van der Waals surface area contributed by atoms with Crippen LogP contribution in [0.4, 0.5) is 0 Å². The number of hydrogen-bond donors (Lipinski definition) is 1. The number of rotatable bonds is 5. The number of carbonyl (C=O) groups is 1. The third-order valence-corrected chi connectivity index (χ3v) is 3.01. The van der Waals surface area contributed by atoms with E-state index in [-0.39, 0.29) is 11.9 Å². The second-order valence-electron chi connectivity index (χ2n) is 4.55. The van der Waals surface area contributed by atoms with E-state index in [0.29, 0.717) is 23.0 Å². The summed E-state index contributed by atoms with van der Waals surface area (Å²) in [6.07, 6.45) is 0. The van der Waals surface area contributed by atoms with Crippen LogP contribution in [0.15, 0.2) is 18.2 Å². The molecule has 0 bridgehead atoms. The average Bonchev–Trinajstić information content (AvgIpc) is 2.37. The van der Waals surface area contributed by atoms with Crippen molar-refractivity contribution >= 4 is 5.91 Å². The predicted molar refractivity (Wildman–Crippen MR) is 71.3 cm³/mol. The van der Waals surface area contributed by atoms with Gasteiger partial charge in [-0.2, -0.15) is 0 Å². The highest BCUT2D eigenvalue weighted by atomic mass is 16.5. The van der Waals surface area contributed by atoms with Gasteiger partial charge in [-0.3, -0.25) is 4.79 Å². The summed E-state index contributed by atoms with van der Waals surface area (Å²) in [5.74, 6) is 1.26. The van der Waals surface area contributed by atoms with Crippen molar-refractivity contribution < 1.29 is 14.3 Å².